The zero-order valence-electron chi connectivity index (χ0n) is 21.5. The molecular formula is C29H45NO3. The average molecular weight is 456 g/mol. The molecule has 4 aliphatic carbocycles. The van der Waals surface area contributed by atoms with Gasteiger partial charge in [0.05, 0.1) is 12.2 Å². The highest BCUT2D eigenvalue weighted by molar-refractivity contribution is 5.74. The molecule has 2 aliphatic heterocycles. The molecule has 33 heavy (non-hydrogen) atoms. The van der Waals surface area contributed by atoms with Crippen molar-refractivity contribution >= 4 is 5.91 Å². The topological polar surface area (TPSA) is 49.8 Å². The molecule has 184 valence electrons. The number of rotatable bonds is 0. The van der Waals surface area contributed by atoms with E-state index in [4.69, 9.17) is 4.74 Å². The summed E-state index contributed by atoms with van der Waals surface area (Å²) in [7, 11) is 0. The first kappa shape index (κ1) is 22.6. The summed E-state index contributed by atoms with van der Waals surface area (Å²) < 4.78 is 7.09. The van der Waals surface area contributed by atoms with Crippen molar-refractivity contribution in [3.05, 3.63) is 11.6 Å². The van der Waals surface area contributed by atoms with Crippen LogP contribution in [0, 0.1) is 46.3 Å². The summed E-state index contributed by atoms with van der Waals surface area (Å²) in [5, 5.41) is 10.3. The summed E-state index contributed by atoms with van der Waals surface area (Å²) >= 11 is 0. The Balaban J connectivity index is 1.30. The van der Waals surface area contributed by atoms with Gasteiger partial charge in [-0.1, -0.05) is 39.3 Å². The van der Waals surface area contributed by atoms with Crippen LogP contribution < -0.4 is 0 Å². The van der Waals surface area contributed by atoms with Crippen molar-refractivity contribution in [3.63, 3.8) is 0 Å². The maximum Gasteiger partial charge on any atom is 0.221 e. The van der Waals surface area contributed by atoms with E-state index >= 15 is 0 Å². The maximum atomic E-state index is 12.7. The second kappa shape index (κ2) is 7.32. The van der Waals surface area contributed by atoms with Crippen LogP contribution in [0.2, 0.25) is 0 Å². The van der Waals surface area contributed by atoms with E-state index in [-0.39, 0.29) is 17.7 Å². The monoisotopic (exact) mass is 455 g/mol. The number of ether oxygens (including phenoxy) is 1. The summed E-state index contributed by atoms with van der Waals surface area (Å²) in [5.74, 6) is 3.95. The van der Waals surface area contributed by atoms with Crippen molar-refractivity contribution < 1.29 is 14.6 Å². The lowest BCUT2D eigenvalue weighted by Crippen LogP contribution is -2.60. The second-order valence-corrected chi connectivity index (χ2v) is 13.5. The first-order valence-electron chi connectivity index (χ1n) is 13.9. The van der Waals surface area contributed by atoms with Gasteiger partial charge in [-0.3, -0.25) is 4.79 Å². The minimum Gasteiger partial charge on any atom is -0.393 e. The van der Waals surface area contributed by atoms with E-state index in [0.717, 1.165) is 56.4 Å². The minimum absolute atomic E-state index is 0.131. The summed E-state index contributed by atoms with van der Waals surface area (Å²) in [4.78, 5) is 14.9. The Morgan fingerprint density at radius 2 is 1.91 bits per heavy atom. The molecule has 1 N–H and O–H groups in total. The first-order chi connectivity index (χ1) is 15.6. The van der Waals surface area contributed by atoms with Gasteiger partial charge in [-0.05, 0) is 98.2 Å². The van der Waals surface area contributed by atoms with E-state index in [2.05, 4.69) is 38.7 Å². The van der Waals surface area contributed by atoms with Crippen LogP contribution in [0.3, 0.4) is 0 Å². The van der Waals surface area contributed by atoms with E-state index in [1.165, 1.54) is 25.7 Å². The molecule has 6 aliphatic rings. The van der Waals surface area contributed by atoms with E-state index in [9.17, 15) is 9.90 Å². The normalized spacial score (nSPS) is 55.5. The van der Waals surface area contributed by atoms with E-state index < -0.39 is 0 Å². The lowest BCUT2D eigenvalue weighted by Gasteiger charge is -2.59. The molecule has 0 bridgehead atoms. The zero-order valence-corrected chi connectivity index (χ0v) is 21.5. The Kier molecular flexibility index (Phi) is 5.01. The number of nitrogens with zero attached hydrogens (tertiary/aromatic N) is 1. The molecule has 2 heterocycles. The predicted molar refractivity (Wildman–Crippen MR) is 129 cm³/mol. The molecule has 4 heteroatoms. The summed E-state index contributed by atoms with van der Waals surface area (Å²) in [6.07, 6.45) is 12.9. The highest BCUT2D eigenvalue weighted by Crippen LogP contribution is 2.70. The quantitative estimate of drug-likeness (QED) is 0.488. The Morgan fingerprint density at radius 3 is 2.67 bits per heavy atom. The van der Waals surface area contributed by atoms with Gasteiger partial charge in [0.1, 0.15) is 5.72 Å². The molecule has 4 nitrogen and oxygen atoms in total. The smallest absolute Gasteiger partial charge is 0.221 e. The highest BCUT2D eigenvalue weighted by Gasteiger charge is 2.69. The molecule has 0 aromatic heterocycles. The Morgan fingerprint density at radius 1 is 1.12 bits per heavy atom. The highest BCUT2D eigenvalue weighted by atomic mass is 16.5. The number of allylic oxidation sites excluding steroid dienone is 1. The number of likely N-dealkylation sites (tertiary alicyclic amines) is 1. The lowest BCUT2D eigenvalue weighted by molar-refractivity contribution is -0.200. The molecule has 3 saturated carbocycles. The fraction of sp³-hybridized carbons (Fsp3) is 0.897. The van der Waals surface area contributed by atoms with Crippen molar-refractivity contribution in [3.8, 4) is 0 Å². The van der Waals surface area contributed by atoms with Crippen LogP contribution in [0.4, 0.5) is 0 Å². The van der Waals surface area contributed by atoms with Gasteiger partial charge in [0, 0.05) is 19.4 Å². The van der Waals surface area contributed by atoms with Gasteiger partial charge in [-0.15, -0.1) is 0 Å². The van der Waals surface area contributed by atoms with Crippen LogP contribution in [-0.4, -0.2) is 40.4 Å². The number of aliphatic hydroxyl groups is 1. The molecule has 0 unspecified atom stereocenters. The predicted octanol–water partition coefficient (Wildman–Crippen LogP) is 5.55. The largest absolute Gasteiger partial charge is 0.393 e. The van der Waals surface area contributed by atoms with Gasteiger partial charge < -0.3 is 14.7 Å². The number of hydrogen-bond donors (Lipinski definition) is 1. The first-order valence-corrected chi connectivity index (χ1v) is 13.9. The van der Waals surface area contributed by atoms with Gasteiger partial charge in [0.15, 0.2) is 0 Å². The van der Waals surface area contributed by atoms with Gasteiger partial charge in [-0.2, -0.15) is 0 Å². The molecule has 11 atom stereocenters. The van der Waals surface area contributed by atoms with Crippen molar-refractivity contribution in [2.45, 2.75) is 110 Å². The SMILES string of the molecule is CC(=O)N1C[C@H](C)CC[C@]12O[C@H]1C[C@H]3[C@@H]4CC=C5C[C@@H](O)CC[C@]5(C)[C@H]4CC[C@]3(C)[C@H]1[C@@H]2C. The van der Waals surface area contributed by atoms with E-state index in [0.29, 0.717) is 34.7 Å². The standard InChI is InChI=1S/C29H45NO3/c1-17-8-13-29(30(16-17)19(3)31)18(2)26-25(33-29)15-24-22-7-6-20-14-21(32)9-11-27(20,4)23(22)10-12-28(24,26)5/h6,17-18,21-26,32H,7-16H2,1-5H3/t17-,18+,21+,22-,23+,24+,25+,26+,27+,28+,29-/m1/s1. The molecular weight excluding hydrogens is 410 g/mol. The van der Waals surface area contributed by atoms with Crippen LogP contribution in [0.1, 0.15) is 92.4 Å². The number of carbonyl (C=O) groups is 1. The van der Waals surface area contributed by atoms with Crippen molar-refractivity contribution in [2.75, 3.05) is 6.54 Å². The van der Waals surface area contributed by atoms with Gasteiger partial charge in [-0.25, -0.2) is 0 Å². The number of hydrogen-bond acceptors (Lipinski definition) is 3. The minimum atomic E-state index is -0.371. The van der Waals surface area contributed by atoms with Crippen LogP contribution in [0.25, 0.3) is 0 Å². The third-order valence-electron chi connectivity index (χ3n) is 12.1. The number of carbonyl (C=O) groups excluding carboxylic acids is 1. The van der Waals surface area contributed by atoms with Gasteiger partial charge in [0.25, 0.3) is 0 Å². The number of fused-ring (bicyclic) bond motifs is 7. The summed E-state index contributed by atoms with van der Waals surface area (Å²) in [6.45, 7) is 12.4. The second-order valence-electron chi connectivity index (χ2n) is 13.5. The lowest BCUT2D eigenvalue weighted by atomic mass is 9.47. The molecule has 1 spiro atoms. The van der Waals surface area contributed by atoms with E-state index in [1.54, 1.807) is 12.5 Å². The van der Waals surface area contributed by atoms with Crippen LogP contribution in [-0.2, 0) is 9.53 Å². The third kappa shape index (κ3) is 2.92. The van der Waals surface area contributed by atoms with E-state index in [1.807, 2.05) is 0 Å². The average Bonchev–Trinajstić information content (AvgIpc) is 3.21. The van der Waals surface area contributed by atoms with Crippen molar-refractivity contribution in [1.29, 1.82) is 0 Å². The molecule has 6 rings (SSSR count). The Bertz CT molecular complexity index is 869. The molecule has 0 aromatic carbocycles. The molecule has 5 fully saturated rings. The molecule has 2 saturated heterocycles. The van der Waals surface area contributed by atoms with Crippen molar-refractivity contribution in [1.82, 2.24) is 4.90 Å². The van der Waals surface area contributed by atoms with Gasteiger partial charge >= 0.3 is 0 Å². The fourth-order valence-corrected chi connectivity index (χ4v) is 10.5. The number of aliphatic hydroxyl groups excluding tert-OH is 1. The summed E-state index contributed by atoms with van der Waals surface area (Å²) in [6, 6.07) is 0. The summed E-state index contributed by atoms with van der Waals surface area (Å²) in [5.41, 5.74) is 1.79. The van der Waals surface area contributed by atoms with Crippen molar-refractivity contribution in [2.24, 2.45) is 46.3 Å². The van der Waals surface area contributed by atoms with Crippen LogP contribution >= 0.6 is 0 Å². The Labute approximate surface area is 200 Å². The maximum absolute atomic E-state index is 12.7. The number of piperidine rings is 1. The molecule has 1 amide bonds. The van der Waals surface area contributed by atoms with Crippen LogP contribution in [0.5, 0.6) is 0 Å². The number of amides is 1. The third-order valence-corrected chi connectivity index (χ3v) is 12.1. The van der Waals surface area contributed by atoms with Crippen LogP contribution in [0.15, 0.2) is 11.6 Å². The molecule has 0 radical (unpaired) electrons. The Hall–Kier alpha value is -0.870. The molecule has 0 aromatic rings. The fourth-order valence-electron chi connectivity index (χ4n) is 10.5. The van der Waals surface area contributed by atoms with Gasteiger partial charge in [0.2, 0.25) is 5.91 Å². The zero-order chi connectivity index (χ0) is 23.3.